The maximum Gasteiger partial charge on any atom is 0.306 e. The smallest absolute Gasteiger partial charge is 0.306 e. The van der Waals surface area contributed by atoms with Gasteiger partial charge in [-0.1, -0.05) is 136 Å². The van der Waals surface area contributed by atoms with Crippen LogP contribution in [0.1, 0.15) is 168 Å². The third-order valence-corrected chi connectivity index (χ3v) is 7.11. The van der Waals surface area contributed by atoms with Crippen LogP contribution in [-0.2, 0) is 14.3 Å². The van der Waals surface area contributed by atoms with Gasteiger partial charge in [0.15, 0.2) is 0 Å². The third kappa shape index (κ3) is 20.3. The number of ether oxygens (including phenoxy) is 1. The average molecular weight is 482 g/mol. The van der Waals surface area contributed by atoms with Crippen LogP contribution in [0.5, 0.6) is 0 Å². The number of rotatable bonds is 26. The number of amides is 1. The van der Waals surface area contributed by atoms with Gasteiger partial charge in [0.1, 0.15) is 6.10 Å². The average Bonchev–Trinajstić information content (AvgIpc) is 2.81. The van der Waals surface area contributed by atoms with E-state index in [9.17, 15) is 9.59 Å². The molecule has 0 aliphatic rings. The molecule has 0 saturated carbocycles. The van der Waals surface area contributed by atoms with Gasteiger partial charge >= 0.3 is 5.97 Å². The molecule has 34 heavy (non-hydrogen) atoms. The fourth-order valence-electron chi connectivity index (χ4n) is 4.81. The molecule has 2 N–H and O–H groups in total. The van der Waals surface area contributed by atoms with E-state index in [-0.39, 0.29) is 23.9 Å². The van der Waals surface area contributed by atoms with E-state index in [1.165, 1.54) is 103 Å². The normalized spacial score (nSPS) is 13.0. The minimum atomic E-state index is -0.365. The highest BCUT2D eigenvalue weighted by Gasteiger charge is 2.27. The van der Waals surface area contributed by atoms with Crippen LogP contribution in [0.2, 0.25) is 0 Å². The van der Waals surface area contributed by atoms with Gasteiger partial charge in [0, 0.05) is 6.42 Å². The molecule has 0 bridgehead atoms. The summed E-state index contributed by atoms with van der Waals surface area (Å²) in [6.45, 7) is 6.46. The zero-order valence-electron chi connectivity index (χ0n) is 23.2. The Morgan fingerprint density at radius 1 is 0.588 bits per heavy atom. The van der Waals surface area contributed by atoms with Gasteiger partial charge in [0.2, 0.25) is 5.91 Å². The van der Waals surface area contributed by atoms with Crippen LogP contribution in [0.15, 0.2) is 0 Å². The first-order valence-electron chi connectivity index (χ1n) is 15.1. The van der Waals surface area contributed by atoms with E-state index in [2.05, 4.69) is 13.8 Å². The zero-order valence-corrected chi connectivity index (χ0v) is 23.2. The fourth-order valence-corrected chi connectivity index (χ4v) is 4.81. The van der Waals surface area contributed by atoms with Gasteiger partial charge in [0.25, 0.3) is 0 Å². The summed E-state index contributed by atoms with van der Waals surface area (Å²) in [5.74, 6) is -0.863. The summed E-state index contributed by atoms with van der Waals surface area (Å²) in [7, 11) is 0. The lowest BCUT2D eigenvalue weighted by Gasteiger charge is -2.24. The molecule has 0 rings (SSSR count). The fraction of sp³-hybridized carbons (Fsp3) is 0.933. The molecular formula is C30H59NO3. The molecule has 0 spiro atoms. The minimum absolute atomic E-state index is 0.156. The molecule has 0 aromatic heterocycles. The SMILES string of the molecule is CCCCCCCCCCCCCC(=O)OC(CCCCCCCCCCC)[C@@H](CC)C(N)=O. The molecular weight excluding hydrogens is 422 g/mol. The van der Waals surface area contributed by atoms with Crippen molar-refractivity contribution in [1.82, 2.24) is 0 Å². The molecule has 1 unspecified atom stereocenters. The summed E-state index contributed by atoms with van der Waals surface area (Å²) in [6.07, 6.45) is 26.7. The van der Waals surface area contributed by atoms with Crippen molar-refractivity contribution in [3.63, 3.8) is 0 Å². The van der Waals surface area contributed by atoms with E-state index < -0.39 is 0 Å². The van der Waals surface area contributed by atoms with E-state index in [1.54, 1.807) is 0 Å². The summed E-state index contributed by atoms with van der Waals surface area (Å²) < 4.78 is 5.79. The lowest BCUT2D eigenvalue weighted by Crippen LogP contribution is -2.36. The van der Waals surface area contributed by atoms with Crippen molar-refractivity contribution in [2.75, 3.05) is 0 Å². The van der Waals surface area contributed by atoms with Crippen LogP contribution < -0.4 is 5.73 Å². The maximum atomic E-state index is 12.4. The molecule has 0 radical (unpaired) electrons. The summed E-state index contributed by atoms with van der Waals surface area (Å²) in [5.41, 5.74) is 5.62. The largest absolute Gasteiger partial charge is 0.462 e. The van der Waals surface area contributed by atoms with Crippen molar-refractivity contribution in [1.29, 1.82) is 0 Å². The number of esters is 1. The Balaban J connectivity index is 4.01. The van der Waals surface area contributed by atoms with Crippen molar-refractivity contribution >= 4 is 11.9 Å². The highest BCUT2D eigenvalue weighted by Crippen LogP contribution is 2.21. The van der Waals surface area contributed by atoms with Crippen molar-refractivity contribution in [2.45, 2.75) is 175 Å². The number of nitrogens with two attached hydrogens (primary N) is 1. The molecule has 0 saturated heterocycles. The van der Waals surface area contributed by atoms with Crippen LogP contribution in [0.4, 0.5) is 0 Å². The standard InChI is InChI=1S/C30H59NO3/c1-4-7-9-11-13-15-16-18-20-22-24-26-29(32)34-28(27(6-3)30(31)33)25-23-21-19-17-14-12-10-8-5-2/h27-28H,4-26H2,1-3H3,(H2,31,33)/t27-,28?/m1/s1. The molecule has 0 heterocycles. The van der Waals surface area contributed by atoms with E-state index in [0.29, 0.717) is 12.8 Å². The Kier molecular flexibility index (Phi) is 24.3. The van der Waals surface area contributed by atoms with Crippen LogP contribution in [0.3, 0.4) is 0 Å². The summed E-state index contributed by atoms with van der Waals surface area (Å²) in [4.78, 5) is 24.3. The van der Waals surface area contributed by atoms with Crippen molar-refractivity contribution in [2.24, 2.45) is 11.7 Å². The molecule has 1 amide bonds. The highest BCUT2D eigenvalue weighted by atomic mass is 16.5. The van der Waals surface area contributed by atoms with Crippen LogP contribution in [-0.4, -0.2) is 18.0 Å². The predicted molar refractivity (Wildman–Crippen MR) is 146 cm³/mol. The lowest BCUT2D eigenvalue weighted by molar-refractivity contribution is -0.154. The van der Waals surface area contributed by atoms with E-state index in [0.717, 1.165) is 32.1 Å². The first kappa shape index (κ1) is 32.9. The predicted octanol–water partition coefficient (Wildman–Crippen LogP) is 9.03. The zero-order chi connectivity index (χ0) is 25.3. The Bertz CT molecular complexity index is 466. The van der Waals surface area contributed by atoms with Crippen molar-refractivity contribution in [3.05, 3.63) is 0 Å². The maximum absolute atomic E-state index is 12.4. The van der Waals surface area contributed by atoms with Gasteiger partial charge in [-0.2, -0.15) is 0 Å². The van der Waals surface area contributed by atoms with Gasteiger partial charge in [0.05, 0.1) is 5.92 Å². The first-order valence-corrected chi connectivity index (χ1v) is 15.1. The quantitative estimate of drug-likeness (QED) is 0.0989. The Morgan fingerprint density at radius 2 is 0.971 bits per heavy atom. The second kappa shape index (κ2) is 25.0. The van der Waals surface area contributed by atoms with Crippen LogP contribution in [0.25, 0.3) is 0 Å². The molecule has 2 atom stereocenters. The van der Waals surface area contributed by atoms with Gasteiger partial charge in [-0.05, 0) is 25.7 Å². The van der Waals surface area contributed by atoms with E-state index >= 15 is 0 Å². The van der Waals surface area contributed by atoms with Gasteiger partial charge < -0.3 is 10.5 Å². The molecule has 0 fully saturated rings. The van der Waals surface area contributed by atoms with Crippen LogP contribution >= 0.6 is 0 Å². The van der Waals surface area contributed by atoms with Gasteiger partial charge in [-0.25, -0.2) is 0 Å². The van der Waals surface area contributed by atoms with Gasteiger partial charge in [-0.15, -0.1) is 0 Å². The Morgan fingerprint density at radius 3 is 1.35 bits per heavy atom. The lowest BCUT2D eigenvalue weighted by atomic mass is 9.93. The molecule has 0 aliphatic carbocycles. The number of unbranched alkanes of at least 4 members (excludes halogenated alkanes) is 18. The molecule has 4 nitrogen and oxygen atoms in total. The monoisotopic (exact) mass is 481 g/mol. The number of hydrogen-bond donors (Lipinski definition) is 1. The molecule has 202 valence electrons. The Hall–Kier alpha value is -1.06. The third-order valence-electron chi connectivity index (χ3n) is 7.11. The van der Waals surface area contributed by atoms with Crippen molar-refractivity contribution in [3.8, 4) is 0 Å². The Labute approximate surface area is 212 Å². The topological polar surface area (TPSA) is 69.4 Å². The van der Waals surface area contributed by atoms with E-state index in [4.69, 9.17) is 10.5 Å². The number of hydrogen-bond acceptors (Lipinski definition) is 3. The van der Waals surface area contributed by atoms with E-state index in [1.807, 2.05) is 6.92 Å². The summed E-state index contributed by atoms with van der Waals surface area (Å²) in [5, 5.41) is 0. The minimum Gasteiger partial charge on any atom is -0.462 e. The molecule has 0 aromatic rings. The van der Waals surface area contributed by atoms with Crippen LogP contribution in [0, 0.1) is 5.92 Å². The second-order valence-electron chi connectivity index (χ2n) is 10.3. The number of primary amides is 1. The molecule has 0 aromatic carbocycles. The summed E-state index contributed by atoms with van der Waals surface area (Å²) >= 11 is 0. The number of carbonyl (C=O) groups is 2. The highest BCUT2D eigenvalue weighted by molar-refractivity contribution is 5.78. The number of carbonyl (C=O) groups excluding carboxylic acids is 2. The van der Waals surface area contributed by atoms with Crippen molar-refractivity contribution < 1.29 is 14.3 Å². The molecule has 4 heteroatoms. The molecule has 0 aliphatic heterocycles. The summed E-state index contributed by atoms with van der Waals surface area (Å²) in [6, 6.07) is 0. The first-order chi connectivity index (χ1) is 16.6. The van der Waals surface area contributed by atoms with Gasteiger partial charge in [-0.3, -0.25) is 9.59 Å². The second-order valence-corrected chi connectivity index (χ2v) is 10.3.